The molecule has 114 valence electrons. The summed E-state index contributed by atoms with van der Waals surface area (Å²) < 4.78 is 60.3. The predicted molar refractivity (Wildman–Crippen MR) is 70.8 cm³/mol. The van der Waals surface area contributed by atoms with Gasteiger partial charge in [-0.1, -0.05) is 0 Å². The number of halogens is 3. The van der Waals surface area contributed by atoms with Gasteiger partial charge in [-0.05, 0) is 32.0 Å². The zero-order chi connectivity index (χ0) is 15.7. The molecule has 0 unspecified atom stereocenters. The summed E-state index contributed by atoms with van der Waals surface area (Å²) in [7, 11) is -4.04. The minimum atomic E-state index is -4.42. The normalized spacial score (nSPS) is 12.8. The number of nitrogen functional groups attached to an aromatic ring is 1. The zero-order valence-electron chi connectivity index (χ0n) is 11.0. The Bertz CT molecular complexity index is 585. The molecule has 0 saturated heterocycles. The van der Waals surface area contributed by atoms with Crippen LogP contribution in [-0.2, 0) is 10.0 Å². The first kappa shape index (κ1) is 16.6. The Kier molecular flexibility index (Phi) is 4.55. The third kappa shape index (κ3) is 4.57. The molecule has 1 aromatic carbocycles. The highest BCUT2D eigenvalue weighted by molar-refractivity contribution is 7.89. The van der Waals surface area contributed by atoms with Crippen LogP contribution in [0.25, 0.3) is 0 Å². The van der Waals surface area contributed by atoms with Gasteiger partial charge in [-0.2, -0.15) is 13.2 Å². The Hall–Kier alpha value is -1.48. The summed E-state index contributed by atoms with van der Waals surface area (Å²) in [5.41, 5.74) is 5.61. The molecule has 0 atom stereocenters. The van der Waals surface area contributed by atoms with E-state index in [0.717, 1.165) is 17.0 Å². The predicted octanol–water partition coefficient (Wildman–Crippen LogP) is 1.69. The standard InChI is InChI=1S/C11H16F3N3O2S/c1-7(2)17(6-11(12,13)14)9-3-8(15)4-10(5-9)20(16,18)19/h3-5,7H,6,15H2,1-2H3,(H2,16,18,19). The minimum Gasteiger partial charge on any atom is -0.399 e. The van der Waals surface area contributed by atoms with Crippen LogP contribution in [0.4, 0.5) is 24.5 Å². The summed E-state index contributed by atoms with van der Waals surface area (Å²) in [6.07, 6.45) is -4.42. The highest BCUT2D eigenvalue weighted by Crippen LogP contribution is 2.28. The van der Waals surface area contributed by atoms with Crippen LogP contribution in [0.1, 0.15) is 13.8 Å². The smallest absolute Gasteiger partial charge is 0.399 e. The van der Waals surface area contributed by atoms with Gasteiger partial charge in [-0.25, -0.2) is 13.6 Å². The van der Waals surface area contributed by atoms with E-state index >= 15 is 0 Å². The van der Waals surface area contributed by atoms with Crippen LogP contribution in [-0.4, -0.2) is 27.2 Å². The minimum absolute atomic E-state index is 0.0272. The van der Waals surface area contributed by atoms with E-state index in [1.54, 1.807) is 13.8 Å². The molecule has 0 aliphatic rings. The second-order valence-electron chi connectivity index (χ2n) is 4.64. The van der Waals surface area contributed by atoms with Crippen LogP contribution in [0, 0.1) is 0 Å². The number of hydrogen-bond acceptors (Lipinski definition) is 4. The summed E-state index contributed by atoms with van der Waals surface area (Å²) in [6, 6.07) is 2.97. The van der Waals surface area contributed by atoms with Gasteiger partial charge >= 0.3 is 6.18 Å². The van der Waals surface area contributed by atoms with E-state index in [0.29, 0.717) is 0 Å². The van der Waals surface area contributed by atoms with E-state index in [9.17, 15) is 21.6 Å². The van der Waals surface area contributed by atoms with E-state index in [2.05, 4.69) is 0 Å². The zero-order valence-corrected chi connectivity index (χ0v) is 11.8. The molecule has 0 aliphatic carbocycles. The van der Waals surface area contributed by atoms with Crippen LogP contribution in [0.2, 0.25) is 0 Å². The van der Waals surface area contributed by atoms with Gasteiger partial charge in [0.2, 0.25) is 10.0 Å². The number of primary sulfonamides is 1. The molecule has 5 nitrogen and oxygen atoms in total. The molecule has 20 heavy (non-hydrogen) atoms. The van der Waals surface area contributed by atoms with Crippen molar-refractivity contribution in [2.24, 2.45) is 5.14 Å². The fourth-order valence-electron chi connectivity index (χ4n) is 1.70. The lowest BCUT2D eigenvalue weighted by atomic mass is 10.2. The average molecular weight is 311 g/mol. The Morgan fingerprint density at radius 3 is 2.20 bits per heavy atom. The van der Waals surface area contributed by atoms with Crippen LogP contribution in [0.15, 0.2) is 23.1 Å². The number of sulfonamides is 1. The number of rotatable bonds is 4. The maximum atomic E-state index is 12.6. The van der Waals surface area contributed by atoms with E-state index in [4.69, 9.17) is 10.9 Å². The van der Waals surface area contributed by atoms with Crippen molar-refractivity contribution < 1.29 is 21.6 Å². The molecule has 0 spiro atoms. The summed E-state index contributed by atoms with van der Waals surface area (Å²) in [5.74, 6) is 0. The first-order valence-corrected chi connectivity index (χ1v) is 7.21. The van der Waals surface area contributed by atoms with Gasteiger partial charge in [0.25, 0.3) is 0 Å². The fraction of sp³-hybridized carbons (Fsp3) is 0.455. The molecule has 0 aromatic heterocycles. The molecule has 0 fully saturated rings. The van der Waals surface area contributed by atoms with Crippen molar-refractivity contribution >= 4 is 21.4 Å². The van der Waals surface area contributed by atoms with Crippen molar-refractivity contribution in [3.8, 4) is 0 Å². The number of nitrogens with two attached hydrogens (primary N) is 2. The third-order valence-electron chi connectivity index (χ3n) is 2.55. The van der Waals surface area contributed by atoms with Crippen LogP contribution in [0.5, 0.6) is 0 Å². The largest absolute Gasteiger partial charge is 0.405 e. The Balaban J connectivity index is 3.31. The van der Waals surface area contributed by atoms with Crippen LogP contribution in [0.3, 0.4) is 0 Å². The van der Waals surface area contributed by atoms with E-state index in [1.807, 2.05) is 0 Å². The van der Waals surface area contributed by atoms with Crippen LogP contribution < -0.4 is 15.8 Å². The van der Waals surface area contributed by atoms with Crippen molar-refractivity contribution in [1.82, 2.24) is 0 Å². The summed E-state index contributed by atoms with van der Waals surface area (Å²) >= 11 is 0. The van der Waals surface area contributed by atoms with Crippen LogP contribution >= 0.6 is 0 Å². The monoisotopic (exact) mass is 311 g/mol. The van der Waals surface area contributed by atoms with E-state index in [-0.39, 0.29) is 16.3 Å². The van der Waals surface area contributed by atoms with Gasteiger partial charge in [0, 0.05) is 17.4 Å². The Morgan fingerprint density at radius 2 is 1.80 bits per heavy atom. The van der Waals surface area contributed by atoms with Gasteiger partial charge in [0.1, 0.15) is 6.54 Å². The van der Waals surface area contributed by atoms with Crippen molar-refractivity contribution in [2.45, 2.75) is 31.0 Å². The Morgan fingerprint density at radius 1 is 1.25 bits per heavy atom. The quantitative estimate of drug-likeness (QED) is 0.828. The fourth-order valence-corrected chi connectivity index (χ4v) is 2.29. The van der Waals surface area contributed by atoms with Gasteiger partial charge in [0.15, 0.2) is 0 Å². The van der Waals surface area contributed by atoms with Gasteiger partial charge in [-0.15, -0.1) is 0 Å². The number of nitrogens with zero attached hydrogens (tertiary/aromatic N) is 1. The summed E-state index contributed by atoms with van der Waals surface area (Å²) in [6.45, 7) is 1.91. The van der Waals surface area contributed by atoms with Crippen molar-refractivity contribution in [3.05, 3.63) is 18.2 Å². The molecule has 1 rings (SSSR count). The molecule has 0 radical (unpaired) electrons. The average Bonchev–Trinajstić information content (AvgIpc) is 2.22. The Labute approximate surface area is 115 Å². The lowest BCUT2D eigenvalue weighted by molar-refractivity contribution is -0.120. The number of hydrogen-bond donors (Lipinski definition) is 2. The summed E-state index contributed by atoms with van der Waals surface area (Å²) in [5, 5.41) is 4.97. The summed E-state index contributed by atoms with van der Waals surface area (Å²) in [4.78, 5) is 0.686. The number of benzene rings is 1. The molecule has 0 heterocycles. The molecule has 9 heteroatoms. The van der Waals surface area contributed by atoms with Crippen molar-refractivity contribution in [1.29, 1.82) is 0 Å². The highest BCUT2D eigenvalue weighted by atomic mass is 32.2. The first-order chi connectivity index (χ1) is 8.90. The van der Waals surface area contributed by atoms with Gasteiger partial charge in [0.05, 0.1) is 4.90 Å². The molecule has 1 aromatic rings. The SMILES string of the molecule is CC(C)N(CC(F)(F)F)c1cc(N)cc(S(N)(=O)=O)c1. The van der Waals surface area contributed by atoms with Crippen molar-refractivity contribution in [3.63, 3.8) is 0 Å². The molecule has 0 amide bonds. The lowest BCUT2D eigenvalue weighted by Crippen LogP contribution is -2.39. The third-order valence-corrected chi connectivity index (χ3v) is 3.44. The highest BCUT2D eigenvalue weighted by Gasteiger charge is 2.32. The molecular weight excluding hydrogens is 295 g/mol. The second-order valence-corrected chi connectivity index (χ2v) is 6.20. The molecule has 0 bridgehead atoms. The molecule has 0 aliphatic heterocycles. The topological polar surface area (TPSA) is 89.4 Å². The maximum absolute atomic E-state index is 12.6. The van der Waals surface area contributed by atoms with Crippen molar-refractivity contribution in [2.75, 3.05) is 17.2 Å². The molecule has 4 N–H and O–H groups in total. The molecule has 0 saturated carbocycles. The van der Waals surface area contributed by atoms with E-state index in [1.165, 1.54) is 6.07 Å². The second kappa shape index (κ2) is 5.49. The van der Waals surface area contributed by atoms with Gasteiger partial charge in [-0.3, -0.25) is 0 Å². The lowest BCUT2D eigenvalue weighted by Gasteiger charge is -2.30. The van der Waals surface area contributed by atoms with E-state index < -0.39 is 28.8 Å². The first-order valence-electron chi connectivity index (χ1n) is 5.67. The number of alkyl halides is 3. The maximum Gasteiger partial charge on any atom is 0.405 e. The number of anilines is 2. The molecular formula is C11H16F3N3O2S. The van der Waals surface area contributed by atoms with Gasteiger partial charge < -0.3 is 10.6 Å².